The van der Waals surface area contributed by atoms with E-state index in [2.05, 4.69) is 0 Å². The molecule has 148 valence electrons. The van der Waals surface area contributed by atoms with Crippen LogP contribution in [-0.4, -0.2) is 88.9 Å². The zero-order chi connectivity index (χ0) is 19.6. The van der Waals surface area contributed by atoms with Crippen LogP contribution in [0.25, 0.3) is 0 Å². The number of carbonyl (C=O) groups is 3. The van der Waals surface area contributed by atoms with E-state index in [1.807, 2.05) is 42.7 Å². The maximum absolute atomic E-state index is 13.3. The number of carbonyl (C=O) groups excluding carboxylic acids is 3. The highest BCUT2D eigenvalue weighted by Crippen LogP contribution is 2.53. The molecule has 0 aromatic carbocycles. The van der Waals surface area contributed by atoms with Gasteiger partial charge in [-0.15, -0.1) is 0 Å². The van der Waals surface area contributed by atoms with E-state index in [1.54, 1.807) is 4.90 Å². The number of amides is 3. The highest BCUT2D eigenvalue weighted by atomic mass is 16.5. The molecule has 0 unspecified atom stereocenters. The Bertz CT molecular complexity index is 707. The van der Waals surface area contributed by atoms with E-state index in [4.69, 9.17) is 10.5 Å². The summed E-state index contributed by atoms with van der Waals surface area (Å²) < 4.78 is 6.19. The minimum Gasteiger partial charge on any atom is -0.369 e. The van der Waals surface area contributed by atoms with Crippen LogP contribution >= 0.6 is 0 Å². The van der Waals surface area contributed by atoms with Gasteiger partial charge in [-0.25, -0.2) is 0 Å². The number of nitrogens with two attached hydrogens (primary N) is 1. The van der Waals surface area contributed by atoms with Crippen LogP contribution in [0.1, 0.15) is 20.8 Å². The quantitative estimate of drug-likeness (QED) is 0.651. The van der Waals surface area contributed by atoms with Crippen molar-refractivity contribution >= 4 is 17.7 Å². The number of hydrogen-bond acceptors (Lipinski definition) is 5. The topological polar surface area (TPSA) is 96.2 Å². The van der Waals surface area contributed by atoms with E-state index in [0.29, 0.717) is 32.7 Å². The number of likely N-dealkylation sites (tertiary alicyclic amines) is 1. The van der Waals surface area contributed by atoms with E-state index in [0.717, 1.165) is 0 Å². The SMILES string of the molecule is CC(C)(C)N1C[C@]23C=C[C@H](O2)[C@H](C(=O)N2CCN(CC(N)=O)CC2)[C@@H]3C1=O. The second kappa shape index (κ2) is 6.04. The van der Waals surface area contributed by atoms with E-state index in [9.17, 15) is 14.4 Å². The predicted octanol–water partition coefficient (Wildman–Crippen LogP) is -0.804. The van der Waals surface area contributed by atoms with Gasteiger partial charge < -0.3 is 20.3 Å². The molecule has 0 aliphatic carbocycles. The van der Waals surface area contributed by atoms with Crippen LogP contribution in [0.15, 0.2) is 12.2 Å². The molecule has 0 saturated carbocycles. The lowest BCUT2D eigenvalue weighted by molar-refractivity contribution is -0.146. The van der Waals surface area contributed by atoms with Crippen LogP contribution in [0.2, 0.25) is 0 Å². The number of fused-ring (bicyclic) bond motifs is 1. The summed E-state index contributed by atoms with van der Waals surface area (Å²) in [6, 6.07) is 0. The van der Waals surface area contributed by atoms with Crippen molar-refractivity contribution in [1.82, 2.24) is 14.7 Å². The summed E-state index contributed by atoms with van der Waals surface area (Å²) in [4.78, 5) is 43.1. The number of ether oxygens (including phenoxy) is 1. The summed E-state index contributed by atoms with van der Waals surface area (Å²) in [6.07, 6.45) is 3.61. The summed E-state index contributed by atoms with van der Waals surface area (Å²) in [7, 11) is 0. The summed E-state index contributed by atoms with van der Waals surface area (Å²) >= 11 is 0. The lowest BCUT2D eigenvalue weighted by Crippen LogP contribution is -2.54. The van der Waals surface area contributed by atoms with Crippen molar-refractivity contribution in [3.63, 3.8) is 0 Å². The van der Waals surface area contributed by atoms with Crippen molar-refractivity contribution < 1.29 is 19.1 Å². The third kappa shape index (κ3) is 2.86. The molecule has 4 rings (SSSR count). The smallest absolute Gasteiger partial charge is 0.231 e. The standard InChI is InChI=1S/C19H28N4O4/c1-18(2,3)23-11-19-5-4-12(27-19)14(15(19)17(23)26)16(25)22-8-6-21(7-9-22)10-13(20)24/h4-5,12,14-15H,6-11H2,1-3H3,(H2,20,24)/t12-,14-,15+,19-/m0/s1. The zero-order valence-electron chi connectivity index (χ0n) is 16.2. The van der Waals surface area contributed by atoms with Crippen molar-refractivity contribution in [3.8, 4) is 0 Å². The van der Waals surface area contributed by atoms with Gasteiger partial charge in [0.25, 0.3) is 0 Å². The second-order valence-corrected chi connectivity index (χ2v) is 9.06. The van der Waals surface area contributed by atoms with E-state index < -0.39 is 17.4 Å². The Morgan fingerprint density at radius 2 is 1.93 bits per heavy atom. The maximum atomic E-state index is 13.3. The Kier molecular flexibility index (Phi) is 4.12. The van der Waals surface area contributed by atoms with Crippen molar-refractivity contribution in [3.05, 3.63) is 12.2 Å². The molecule has 2 N–H and O–H groups in total. The minimum atomic E-state index is -0.664. The first kappa shape index (κ1) is 18.4. The minimum absolute atomic E-state index is 0.0139. The van der Waals surface area contributed by atoms with Gasteiger partial charge in [-0.2, -0.15) is 0 Å². The van der Waals surface area contributed by atoms with Crippen molar-refractivity contribution in [2.75, 3.05) is 39.3 Å². The summed E-state index contributed by atoms with van der Waals surface area (Å²) in [5, 5.41) is 0. The molecule has 4 aliphatic heterocycles. The molecular formula is C19H28N4O4. The molecule has 3 fully saturated rings. The Morgan fingerprint density at radius 3 is 2.52 bits per heavy atom. The van der Waals surface area contributed by atoms with Crippen LogP contribution in [0.5, 0.6) is 0 Å². The van der Waals surface area contributed by atoms with Crippen LogP contribution in [0, 0.1) is 11.8 Å². The van der Waals surface area contributed by atoms with E-state index >= 15 is 0 Å². The summed E-state index contributed by atoms with van der Waals surface area (Å²) in [6.45, 7) is 9.04. The molecule has 4 heterocycles. The number of rotatable bonds is 3. The third-order valence-corrected chi connectivity index (χ3v) is 6.26. The zero-order valence-corrected chi connectivity index (χ0v) is 16.2. The van der Waals surface area contributed by atoms with Crippen LogP contribution in [0.3, 0.4) is 0 Å². The Balaban J connectivity index is 1.50. The first-order chi connectivity index (χ1) is 12.6. The molecule has 8 heteroatoms. The molecule has 2 bridgehead atoms. The molecule has 4 aliphatic rings. The van der Waals surface area contributed by atoms with Gasteiger partial charge in [-0.1, -0.05) is 12.2 Å². The average molecular weight is 376 g/mol. The molecule has 3 amide bonds. The Hall–Kier alpha value is -1.93. The fourth-order valence-corrected chi connectivity index (χ4v) is 4.91. The van der Waals surface area contributed by atoms with Crippen molar-refractivity contribution in [2.24, 2.45) is 17.6 Å². The second-order valence-electron chi connectivity index (χ2n) is 9.06. The van der Waals surface area contributed by atoms with Gasteiger partial charge in [0, 0.05) is 31.7 Å². The first-order valence-corrected chi connectivity index (χ1v) is 9.60. The van der Waals surface area contributed by atoms with Gasteiger partial charge in [0.2, 0.25) is 17.7 Å². The van der Waals surface area contributed by atoms with Crippen LogP contribution in [0.4, 0.5) is 0 Å². The van der Waals surface area contributed by atoms with Gasteiger partial charge in [-0.3, -0.25) is 19.3 Å². The van der Waals surface area contributed by atoms with Gasteiger partial charge in [0.15, 0.2) is 0 Å². The van der Waals surface area contributed by atoms with Gasteiger partial charge >= 0.3 is 0 Å². The molecule has 27 heavy (non-hydrogen) atoms. The highest BCUT2D eigenvalue weighted by Gasteiger charge is 2.68. The normalized spacial score (nSPS) is 35.8. The maximum Gasteiger partial charge on any atom is 0.231 e. The number of hydrogen-bond donors (Lipinski definition) is 1. The molecule has 0 aromatic rings. The number of piperazine rings is 1. The monoisotopic (exact) mass is 376 g/mol. The van der Waals surface area contributed by atoms with Gasteiger partial charge in [-0.05, 0) is 20.8 Å². The van der Waals surface area contributed by atoms with Crippen LogP contribution < -0.4 is 5.73 Å². The lowest BCUT2D eigenvalue weighted by atomic mass is 9.76. The molecular weight excluding hydrogens is 348 g/mol. The molecule has 3 saturated heterocycles. The van der Waals surface area contributed by atoms with E-state index in [-0.39, 0.29) is 35.9 Å². The van der Waals surface area contributed by atoms with E-state index in [1.165, 1.54) is 0 Å². The fraction of sp³-hybridized carbons (Fsp3) is 0.737. The fourth-order valence-electron chi connectivity index (χ4n) is 4.91. The van der Waals surface area contributed by atoms with Gasteiger partial charge in [0.1, 0.15) is 5.60 Å². The molecule has 8 nitrogen and oxygen atoms in total. The van der Waals surface area contributed by atoms with Gasteiger partial charge in [0.05, 0.1) is 31.0 Å². The molecule has 4 atom stereocenters. The largest absolute Gasteiger partial charge is 0.369 e. The third-order valence-electron chi connectivity index (χ3n) is 6.26. The number of nitrogens with zero attached hydrogens (tertiary/aromatic N) is 3. The number of primary amides is 1. The summed E-state index contributed by atoms with van der Waals surface area (Å²) in [5.74, 6) is -1.26. The predicted molar refractivity (Wildman–Crippen MR) is 97.4 cm³/mol. The van der Waals surface area contributed by atoms with Crippen molar-refractivity contribution in [2.45, 2.75) is 38.0 Å². The lowest BCUT2D eigenvalue weighted by Gasteiger charge is -2.37. The molecule has 0 radical (unpaired) electrons. The average Bonchev–Trinajstić information content (AvgIpc) is 3.22. The Morgan fingerprint density at radius 1 is 1.26 bits per heavy atom. The van der Waals surface area contributed by atoms with Crippen molar-refractivity contribution in [1.29, 1.82) is 0 Å². The highest BCUT2D eigenvalue weighted by molar-refractivity contribution is 5.93. The first-order valence-electron chi connectivity index (χ1n) is 9.60. The molecule has 0 aromatic heterocycles. The summed E-state index contributed by atoms with van der Waals surface area (Å²) in [5.41, 5.74) is 4.28. The van der Waals surface area contributed by atoms with Crippen LogP contribution in [-0.2, 0) is 19.1 Å². The molecule has 1 spiro atoms. The Labute approximate surface area is 159 Å².